The molecule has 8 heteroatoms. The first-order valence-electron chi connectivity index (χ1n) is 10.3. The van der Waals surface area contributed by atoms with Crippen molar-refractivity contribution >= 4 is 11.5 Å². The van der Waals surface area contributed by atoms with Crippen molar-refractivity contribution in [3.63, 3.8) is 0 Å². The number of rotatable bonds is 8. The highest BCUT2D eigenvalue weighted by molar-refractivity contribution is 5.88. The first kappa shape index (κ1) is 22.8. The summed E-state index contributed by atoms with van der Waals surface area (Å²) in [6.45, 7) is 2.81. The van der Waals surface area contributed by atoms with Gasteiger partial charge >= 0.3 is 5.97 Å². The Hall–Kier alpha value is -2.84. The molecule has 1 aromatic heterocycles. The summed E-state index contributed by atoms with van der Waals surface area (Å²) in [6, 6.07) is 1.38. The van der Waals surface area contributed by atoms with E-state index in [0.717, 1.165) is 17.4 Å². The number of aromatic carboxylic acids is 1. The highest BCUT2D eigenvalue weighted by Gasteiger charge is 2.50. The Morgan fingerprint density at radius 1 is 1.32 bits per heavy atom. The quantitative estimate of drug-likeness (QED) is 0.481. The molecule has 1 aliphatic carbocycles. The predicted octanol–water partition coefficient (Wildman–Crippen LogP) is 3.24. The Balaban J connectivity index is 2.04. The highest BCUT2D eigenvalue weighted by atomic mass is 16.5. The largest absolute Gasteiger partial charge is 0.512 e. The number of ether oxygens (including phenoxy) is 3. The lowest BCUT2D eigenvalue weighted by Gasteiger charge is -2.53. The number of aromatic nitrogens is 1. The van der Waals surface area contributed by atoms with Crippen LogP contribution >= 0.6 is 0 Å². The third-order valence-corrected chi connectivity index (χ3v) is 5.98. The summed E-state index contributed by atoms with van der Waals surface area (Å²) in [7, 11) is 3.27. The van der Waals surface area contributed by atoms with Gasteiger partial charge in [0.1, 0.15) is 11.8 Å². The molecule has 2 aliphatic rings. The van der Waals surface area contributed by atoms with Crippen LogP contribution < -0.4 is 5.43 Å². The Labute approximate surface area is 181 Å². The zero-order valence-corrected chi connectivity index (χ0v) is 18.1. The van der Waals surface area contributed by atoms with E-state index in [1.54, 1.807) is 20.3 Å². The molecule has 1 saturated carbocycles. The number of methoxy groups -OCH3 is 2. The fourth-order valence-electron chi connectivity index (χ4n) is 4.43. The van der Waals surface area contributed by atoms with Crippen LogP contribution in [-0.4, -0.2) is 54.3 Å². The van der Waals surface area contributed by atoms with Gasteiger partial charge in [-0.15, -0.1) is 0 Å². The van der Waals surface area contributed by atoms with Crippen molar-refractivity contribution in [2.24, 2.45) is 0 Å². The number of nitrogens with zero attached hydrogens (tertiary/aromatic N) is 1. The molecule has 2 N–H and O–H groups in total. The summed E-state index contributed by atoms with van der Waals surface area (Å²) < 4.78 is 18.1. The Morgan fingerprint density at radius 3 is 2.65 bits per heavy atom. The van der Waals surface area contributed by atoms with E-state index in [9.17, 15) is 19.8 Å². The van der Waals surface area contributed by atoms with Gasteiger partial charge in [-0.1, -0.05) is 6.08 Å². The number of aliphatic hydroxyl groups excluding tert-OH is 1. The van der Waals surface area contributed by atoms with Crippen molar-refractivity contribution in [3.05, 3.63) is 63.5 Å². The van der Waals surface area contributed by atoms with Gasteiger partial charge in [-0.05, 0) is 43.4 Å². The van der Waals surface area contributed by atoms with Crippen molar-refractivity contribution in [3.8, 4) is 0 Å². The number of pyridine rings is 1. The number of carboxylic acids is 1. The second-order valence-electron chi connectivity index (χ2n) is 7.88. The number of fused-ring (bicyclic) bond motifs is 2. The molecule has 0 saturated heterocycles. The van der Waals surface area contributed by atoms with Gasteiger partial charge in [0.2, 0.25) is 0 Å². The van der Waals surface area contributed by atoms with Crippen LogP contribution in [0.3, 0.4) is 0 Å². The summed E-state index contributed by atoms with van der Waals surface area (Å²) in [5.74, 6) is -0.919. The molecule has 0 aromatic carbocycles. The van der Waals surface area contributed by atoms with Gasteiger partial charge in [0, 0.05) is 39.5 Å². The minimum Gasteiger partial charge on any atom is -0.512 e. The molecule has 1 spiro atoms. The number of allylic oxidation sites excluding steroid dienone is 4. The predicted molar refractivity (Wildman–Crippen MR) is 115 cm³/mol. The number of aliphatic hydroxyl groups is 1. The Bertz CT molecular complexity index is 980. The molecule has 1 fully saturated rings. The lowest BCUT2D eigenvalue weighted by atomic mass is 9.66. The van der Waals surface area contributed by atoms with E-state index in [-0.39, 0.29) is 11.7 Å². The van der Waals surface area contributed by atoms with Crippen LogP contribution in [-0.2, 0) is 19.7 Å². The number of carboxylic acid groups (broad SMARTS) is 1. The normalized spacial score (nSPS) is 25.5. The summed E-state index contributed by atoms with van der Waals surface area (Å²) in [5, 5.41) is 19.1. The fourth-order valence-corrected chi connectivity index (χ4v) is 4.43. The average molecular weight is 431 g/mol. The van der Waals surface area contributed by atoms with Gasteiger partial charge in [0.25, 0.3) is 0 Å². The van der Waals surface area contributed by atoms with Crippen molar-refractivity contribution in [2.75, 3.05) is 27.4 Å². The maximum absolute atomic E-state index is 12.5. The van der Waals surface area contributed by atoms with Crippen LogP contribution in [0.15, 0.2) is 46.8 Å². The van der Waals surface area contributed by atoms with Crippen LogP contribution in [0.4, 0.5) is 0 Å². The van der Waals surface area contributed by atoms with E-state index >= 15 is 0 Å². The summed E-state index contributed by atoms with van der Waals surface area (Å²) in [4.78, 5) is 24.0. The SMILES string of the molecule is C\C=C1/C(=C\C(=C\O)OCCCOC)CC2(CC(OC)C2)n2cc(C(=O)O)c(=O)cc21. The van der Waals surface area contributed by atoms with Crippen molar-refractivity contribution in [2.45, 2.75) is 44.2 Å². The summed E-state index contributed by atoms with van der Waals surface area (Å²) in [5.41, 5.74) is 1.19. The van der Waals surface area contributed by atoms with E-state index in [0.29, 0.717) is 50.4 Å². The zero-order valence-electron chi connectivity index (χ0n) is 18.1. The third kappa shape index (κ3) is 4.45. The third-order valence-electron chi connectivity index (χ3n) is 5.98. The molecule has 0 bridgehead atoms. The highest BCUT2D eigenvalue weighted by Crippen LogP contribution is 2.52. The molecular weight excluding hydrogens is 402 g/mol. The van der Waals surface area contributed by atoms with Gasteiger partial charge in [-0.2, -0.15) is 0 Å². The van der Waals surface area contributed by atoms with Gasteiger partial charge in [-0.3, -0.25) is 4.79 Å². The average Bonchev–Trinajstić information content (AvgIpc) is 2.72. The molecule has 0 unspecified atom stereocenters. The maximum Gasteiger partial charge on any atom is 0.341 e. The molecular formula is C23H29NO7. The molecule has 0 radical (unpaired) electrons. The molecule has 1 aromatic rings. The van der Waals surface area contributed by atoms with Crippen LogP contribution in [0.5, 0.6) is 0 Å². The van der Waals surface area contributed by atoms with Crippen LogP contribution in [0.1, 0.15) is 48.7 Å². The van der Waals surface area contributed by atoms with Crippen molar-refractivity contribution in [1.82, 2.24) is 4.57 Å². The first-order valence-corrected chi connectivity index (χ1v) is 10.3. The Kier molecular flexibility index (Phi) is 7.02. The first-order chi connectivity index (χ1) is 14.9. The molecule has 0 amide bonds. The van der Waals surface area contributed by atoms with Gasteiger partial charge in [0.05, 0.1) is 23.9 Å². The van der Waals surface area contributed by atoms with Crippen LogP contribution in [0, 0.1) is 0 Å². The van der Waals surface area contributed by atoms with Gasteiger partial charge in [0.15, 0.2) is 11.2 Å². The molecule has 1 aliphatic heterocycles. The number of carbonyl (C=O) groups is 1. The van der Waals surface area contributed by atoms with E-state index in [2.05, 4.69) is 0 Å². The minimum absolute atomic E-state index is 0.0621. The monoisotopic (exact) mass is 431 g/mol. The van der Waals surface area contributed by atoms with Gasteiger partial charge in [-0.25, -0.2) is 4.79 Å². The summed E-state index contributed by atoms with van der Waals surface area (Å²) >= 11 is 0. The van der Waals surface area contributed by atoms with Crippen LogP contribution in [0.25, 0.3) is 5.57 Å². The Morgan fingerprint density at radius 2 is 2.06 bits per heavy atom. The van der Waals surface area contributed by atoms with Crippen LogP contribution in [0.2, 0.25) is 0 Å². The molecule has 2 heterocycles. The zero-order chi connectivity index (χ0) is 22.6. The molecule has 8 nitrogen and oxygen atoms in total. The van der Waals surface area contributed by atoms with E-state index in [4.69, 9.17) is 14.2 Å². The van der Waals surface area contributed by atoms with E-state index < -0.39 is 16.9 Å². The second-order valence-corrected chi connectivity index (χ2v) is 7.88. The van der Waals surface area contributed by atoms with Crippen molar-refractivity contribution in [1.29, 1.82) is 0 Å². The van der Waals surface area contributed by atoms with E-state index in [1.807, 2.05) is 17.6 Å². The van der Waals surface area contributed by atoms with E-state index in [1.165, 1.54) is 12.3 Å². The topological polar surface area (TPSA) is 107 Å². The lowest BCUT2D eigenvalue weighted by molar-refractivity contribution is -0.0524. The molecule has 3 rings (SSSR count). The fraction of sp³-hybridized carbons (Fsp3) is 0.478. The smallest absolute Gasteiger partial charge is 0.341 e. The lowest BCUT2D eigenvalue weighted by Crippen LogP contribution is -2.53. The maximum atomic E-state index is 12.5. The molecule has 168 valence electrons. The summed E-state index contributed by atoms with van der Waals surface area (Å²) in [6.07, 6.45) is 8.78. The van der Waals surface area contributed by atoms with Gasteiger partial charge < -0.3 is 29.0 Å². The van der Waals surface area contributed by atoms with Crippen molar-refractivity contribution < 1.29 is 29.2 Å². The number of hydrogen-bond acceptors (Lipinski definition) is 6. The second kappa shape index (κ2) is 9.53. The molecule has 31 heavy (non-hydrogen) atoms. The minimum atomic E-state index is -1.24. The standard InChI is InChI=1S/C23H29NO7/c1-4-18-15(8-16(14-25)31-7-5-6-29-2)10-23(11-17(12-23)30-3)24-13-19(22(27)28)21(26)9-20(18)24/h4,8-9,13-14,17,25H,5-7,10-12H2,1-3H3,(H,27,28)/b15-8-,16-14-,18-4+. The molecule has 0 atom stereocenters. The number of hydrogen-bond donors (Lipinski definition) is 2.